The van der Waals surface area contributed by atoms with Gasteiger partial charge in [0.15, 0.2) is 0 Å². The Morgan fingerprint density at radius 1 is 1.27 bits per heavy atom. The molecule has 0 aliphatic carbocycles. The highest BCUT2D eigenvalue weighted by atomic mass is 35.5. The van der Waals surface area contributed by atoms with Gasteiger partial charge in [-0.15, -0.1) is 11.3 Å². The molecule has 1 aromatic carbocycles. The molecule has 0 unspecified atom stereocenters. The minimum Gasteiger partial charge on any atom is -0.475 e. The van der Waals surface area contributed by atoms with Gasteiger partial charge >= 0.3 is 12.1 Å². The number of aliphatic imine (C=N–C) groups is 1. The van der Waals surface area contributed by atoms with E-state index in [1.807, 2.05) is 30.3 Å². The van der Waals surface area contributed by atoms with Gasteiger partial charge in [0.1, 0.15) is 32.7 Å². The molecule has 3 aromatic rings. The second kappa shape index (κ2) is 11.4. The number of carboxylic acids is 1. The largest absolute Gasteiger partial charge is 0.490 e. The number of aromatic nitrogens is 1. The number of benzene rings is 1. The number of thiophene rings is 1. The molecule has 4 rings (SSSR count). The van der Waals surface area contributed by atoms with Crippen molar-refractivity contribution in [2.75, 3.05) is 13.2 Å². The maximum absolute atomic E-state index is 12.8. The number of hydrogen-bond donors (Lipinski definition) is 3. The lowest BCUT2D eigenvalue weighted by Crippen LogP contribution is -2.41. The van der Waals surface area contributed by atoms with Crippen molar-refractivity contribution >= 4 is 60.9 Å². The maximum atomic E-state index is 12.8. The van der Waals surface area contributed by atoms with Crippen molar-refractivity contribution in [2.45, 2.75) is 22.8 Å². The van der Waals surface area contributed by atoms with Gasteiger partial charge in [0.2, 0.25) is 5.91 Å². The summed E-state index contributed by atoms with van der Waals surface area (Å²) in [6, 6.07) is 13.2. The summed E-state index contributed by atoms with van der Waals surface area (Å²) in [5, 5.41) is 8.09. The molecule has 0 spiro atoms. The third kappa shape index (κ3) is 7.38. The predicted molar refractivity (Wildman–Crippen MR) is 131 cm³/mol. The van der Waals surface area contributed by atoms with E-state index in [9.17, 15) is 26.4 Å². The van der Waals surface area contributed by atoms with Crippen LogP contribution in [0.1, 0.15) is 12.0 Å². The lowest BCUT2D eigenvalue weighted by atomic mass is 10.2. The number of amides is 1. The number of sulfonamides is 1. The van der Waals surface area contributed by atoms with E-state index < -0.39 is 28.2 Å². The third-order valence-corrected chi connectivity index (χ3v) is 8.11. The van der Waals surface area contributed by atoms with Crippen LogP contribution in [-0.4, -0.2) is 66.6 Å². The van der Waals surface area contributed by atoms with Crippen LogP contribution in [0.15, 0.2) is 57.7 Å². The highest BCUT2D eigenvalue weighted by Crippen LogP contribution is 2.29. The van der Waals surface area contributed by atoms with Crippen LogP contribution in [0.4, 0.5) is 13.2 Å². The number of carboxylic acid groups (broad SMARTS) is 1. The average molecular weight is 578 g/mol. The summed E-state index contributed by atoms with van der Waals surface area (Å²) in [5.41, 5.74) is 6.73. The van der Waals surface area contributed by atoms with E-state index in [-0.39, 0.29) is 16.8 Å². The molecule has 3 heterocycles. The number of pyridine rings is 1. The number of fused-ring (bicyclic) bond motifs is 1. The SMILES string of the molecule is NC(=NCN1CC[C@H](NS(=O)(=O)c2cc3ccc(Cl)nc3s2)C1=O)c1ccccc1.O=C(O)C(F)(F)F. The van der Waals surface area contributed by atoms with Gasteiger partial charge in [-0.2, -0.15) is 17.9 Å². The number of alkyl halides is 3. The van der Waals surface area contributed by atoms with Crippen LogP contribution in [-0.2, 0) is 19.6 Å². The fourth-order valence-electron chi connectivity index (χ4n) is 3.10. The van der Waals surface area contributed by atoms with Gasteiger partial charge in [-0.3, -0.25) is 4.79 Å². The molecule has 4 N–H and O–H groups in total. The Morgan fingerprint density at radius 3 is 2.54 bits per heavy atom. The third-order valence-electron chi connectivity index (χ3n) is 4.91. The number of likely N-dealkylation sites (tertiary alicyclic amines) is 1. The zero-order chi connectivity index (χ0) is 27.4. The first-order valence-electron chi connectivity index (χ1n) is 10.3. The molecule has 16 heteroatoms. The molecule has 198 valence electrons. The molecule has 1 amide bonds. The molecule has 10 nitrogen and oxygen atoms in total. The highest BCUT2D eigenvalue weighted by molar-refractivity contribution is 7.91. The number of nitrogens with zero attached hydrogens (tertiary/aromatic N) is 3. The van der Waals surface area contributed by atoms with Crippen LogP contribution in [0, 0.1) is 0 Å². The van der Waals surface area contributed by atoms with Gasteiger partial charge in [0.05, 0.1) is 0 Å². The van der Waals surface area contributed by atoms with Crippen molar-refractivity contribution in [3.63, 3.8) is 0 Å². The molecule has 1 fully saturated rings. The first-order chi connectivity index (χ1) is 17.3. The molecule has 2 aromatic heterocycles. The summed E-state index contributed by atoms with van der Waals surface area (Å²) in [6.45, 7) is 0.463. The Balaban J connectivity index is 0.000000479. The molecule has 1 aliphatic heterocycles. The summed E-state index contributed by atoms with van der Waals surface area (Å²) in [5.74, 6) is -2.76. The molecule has 37 heavy (non-hydrogen) atoms. The van der Waals surface area contributed by atoms with Gasteiger partial charge in [0.25, 0.3) is 10.0 Å². The number of nitrogens with one attached hydrogen (secondary N) is 1. The van der Waals surface area contributed by atoms with Crippen molar-refractivity contribution in [2.24, 2.45) is 10.7 Å². The summed E-state index contributed by atoms with van der Waals surface area (Å²) >= 11 is 6.87. The molecule has 1 aliphatic rings. The fourth-order valence-corrected chi connectivity index (χ4v) is 5.87. The zero-order valence-corrected chi connectivity index (χ0v) is 21.0. The summed E-state index contributed by atoms with van der Waals surface area (Å²) < 4.78 is 59.9. The Kier molecular flexibility index (Phi) is 8.73. The van der Waals surface area contributed by atoms with Crippen molar-refractivity contribution in [1.82, 2.24) is 14.6 Å². The van der Waals surface area contributed by atoms with E-state index >= 15 is 0 Å². The van der Waals surface area contributed by atoms with Gasteiger partial charge in [-0.1, -0.05) is 41.9 Å². The molecular formula is C21H19ClF3N5O5S2. The minimum absolute atomic E-state index is 0.0725. The first-order valence-corrected chi connectivity index (χ1v) is 13.0. The van der Waals surface area contributed by atoms with E-state index in [0.717, 1.165) is 16.9 Å². The van der Waals surface area contributed by atoms with Crippen molar-refractivity contribution < 1.29 is 36.3 Å². The lowest BCUT2D eigenvalue weighted by molar-refractivity contribution is -0.192. The van der Waals surface area contributed by atoms with Crippen LogP contribution in [0.25, 0.3) is 10.2 Å². The predicted octanol–water partition coefficient (Wildman–Crippen LogP) is 2.83. The Labute approximate surface area is 217 Å². The van der Waals surface area contributed by atoms with Crippen molar-refractivity contribution in [3.8, 4) is 0 Å². The smallest absolute Gasteiger partial charge is 0.475 e. The van der Waals surface area contributed by atoms with Crippen molar-refractivity contribution in [1.29, 1.82) is 0 Å². The Hall–Kier alpha value is -3.27. The van der Waals surface area contributed by atoms with E-state index in [0.29, 0.717) is 34.2 Å². The second-order valence-electron chi connectivity index (χ2n) is 7.51. The summed E-state index contributed by atoms with van der Waals surface area (Å²) in [7, 11) is -3.87. The number of hydrogen-bond acceptors (Lipinski definition) is 7. The number of nitrogens with two attached hydrogens (primary N) is 1. The van der Waals surface area contributed by atoms with E-state index in [4.69, 9.17) is 27.2 Å². The molecular weight excluding hydrogens is 559 g/mol. The Morgan fingerprint density at radius 2 is 1.92 bits per heavy atom. The number of amidine groups is 1. The number of rotatable bonds is 6. The van der Waals surface area contributed by atoms with E-state index in [2.05, 4.69) is 14.7 Å². The Bertz CT molecular complexity index is 1430. The van der Waals surface area contributed by atoms with Crippen molar-refractivity contribution in [3.05, 3.63) is 59.2 Å². The molecule has 1 saturated heterocycles. The van der Waals surface area contributed by atoms with Gasteiger partial charge in [0, 0.05) is 17.5 Å². The maximum Gasteiger partial charge on any atom is 0.490 e. The normalized spacial score (nSPS) is 16.5. The number of halogens is 4. The van der Waals surface area contributed by atoms with Crippen LogP contribution >= 0.6 is 22.9 Å². The van der Waals surface area contributed by atoms with E-state index in [1.165, 1.54) is 11.0 Å². The van der Waals surface area contributed by atoms with Crippen LogP contribution in [0.5, 0.6) is 0 Å². The van der Waals surface area contributed by atoms with Gasteiger partial charge in [-0.25, -0.2) is 23.2 Å². The highest BCUT2D eigenvalue weighted by Gasteiger charge is 2.38. The quantitative estimate of drug-likeness (QED) is 0.231. The van der Waals surface area contributed by atoms with Crippen LogP contribution in [0.2, 0.25) is 5.15 Å². The lowest BCUT2D eigenvalue weighted by Gasteiger charge is -2.15. The number of carbonyl (C=O) groups excluding carboxylic acids is 1. The van der Waals surface area contributed by atoms with Gasteiger partial charge in [-0.05, 0) is 24.6 Å². The molecule has 0 bridgehead atoms. The molecule has 0 radical (unpaired) electrons. The number of aliphatic carboxylic acids is 1. The minimum atomic E-state index is -5.08. The summed E-state index contributed by atoms with van der Waals surface area (Å²) in [4.78, 5) is 31.9. The second-order valence-corrected chi connectivity index (χ2v) is 10.9. The standard InChI is InChI=1S/C19H18ClN5O3S2.C2HF3O2/c20-15-7-6-13-10-16(29-18(13)23-15)30(27,28)24-14-8-9-25(19(14)26)11-22-17(21)12-4-2-1-3-5-12;3-2(4,5)1(6)7/h1-7,10,14,24H,8-9,11H2,(H2,21,22);(H,6,7)/t14-;/m0./s1. The fraction of sp³-hybridized carbons (Fsp3) is 0.238. The van der Waals surface area contributed by atoms with Crippen LogP contribution in [0.3, 0.4) is 0 Å². The first kappa shape index (κ1) is 28.3. The topological polar surface area (TPSA) is 155 Å². The molecule has 1 atom stereocenters. The van der Waals surface area contributed by atoms with E-state index in [1.54, 1.807) is 12.1 Å². The number of carbonyl (C=O) groups is 2. The summed E-state index contributed by atoms with van der Waals surface area (Å²) in [6.07, 6.45) is -4.73. The van der Waals surface area contributed by atoms with Crippen LogP contribution < -0.4 is 10.5 Å². The molecule has 0 saturated carbocycles. The zero-order valence-electron chi connectivity index (χ0n) is 18.6. The van der Waals surface area contributed by atoms with Gasteiger partial charge < -0.3 is 15.7 Å². The monoisotopic (exact) mass is 577 g/mol. The average Bonchev–Trinajstić information content (AvgIpc) is 3.41.